The van der Waals surface area contributed by atoms with Crippen molar-refractivity contribution in [2.24, 2.45) is 5.41 Å². The lowest BCUT2D eigenvalue weighted by Gasteiger charge is -2.41. The van der Waals surface area contributed by atoms with E-state index in [1.165, 1.54) is 12.1 Å². The molecule has 2 aromatic carbocycles. The number of benzene rings is 2. The van der Waals surface area contributed by atoms with Gasteiger partial charge >= 0.3 is 0 Å². The molecule has 2 fully saturated rings. The number of likely N-dealkylation sites (tertiary alicyclic amines) is 1. The Bertz CT molecular complexity index is 829. The molecule has 2 amide bonds. The van der Waals surface area contributed by atoms with Crippen molar-refractivity contribution >= 4 is 11.8 Å². The predicted molar refractivity (Wildman–Crippen MR) is 96.2 cm³/mol. The van der Waals surface area contributed by atoms with Crippen LogP contribution in [0.3, 0.4) is 0 Å². The average Bonchev–Trinajstić information content (AvgIpc) is 2.99. The monoisotopic (exact) mass is 352 g/mol. The van der Waals surface area contributed by atoms with Crippen LogP contribution in [-0.2, 0) is 4.79 Å². The van der Waals surface area contributed by atoms with E-state index in [0.717, 1.165) is 5.56 Å². The Morgan fingerprint density at radius 2 is 1.69 bits per heavy atom. The summed E-state index contributed by atoms with van der Waals surface area (Å²) < 4.78 is 13.9. The third-order valence-corrected chi connectivity index (χ3v) is 5.84. The van der Waals surface area contributed by atoms with Crippen LogP contribution in [0, 0.1) is 11.2 Å². The van der Waals surface area contributed by atoms with E-state index in [1.807, 2.05) is 18.2 Å². The fourth-order valence-electron chi connectivity index (χ4n) is 4.34. The Hall–Kier alpha value is -2.69. The molecule has 2 saturated heterocycles. The molecule has 1 N–H and O–H groups in total. The highest BCUT2D eigenvalue weighted by Gasteiger charge is 2.52. The standard InChI is InChI=1S/C21H21FN2O2/c22-18-9-5-4-8-16(18)19(25)24-12-10-21(11-13-24)17(14-23-20(21)26)15-6-2-1-3-7-15/h1-9,17H,10-14H2,(H,23,26)/t17-/m0/s1. The smallest absolute Gasteiger partial charge is 0.256 e. The van der Waals surface area contributed by atoms with Crippen LogP contribution in [0.4, 0.5) is 4.39 Å². The fourth-order valence-corrected chi connectivity index (χ4v) is 4.34. The first kappa shape index (κ1) is 16.8. The SMILES string of the molecule is O=C(c1ccccc1F)N1CCC2(CC1)C(=O)NC[C@H]2c1ccccc1. The molecule has 2 aromatic rings. The van der Waals surface area contributed by atoms with Gasteiger partial charge in [-0.2, -0.15) is 0 Å². The van der Waals surface area contributed by atoms with Crippen LogP contribution in [0.1, 0.15) is 34.7 Å². The summed E-state index contributed by atoms with van der Waals surface area (Å²) in [5.74, 6) is -0.613. The van der Waals surface area contributed by atoms with Crippen LogP contribution < -0.4 is 5.32 Å². The molecule has 4 rings (SSSR count). The van der Waals surface area contributed by atoms with E-state index >= 15 is 0 Å². The molecule has 0 aromatic heterocycles. The minimum atomic E-state index is -0.501. The van der Waals surface area contributed by atoms with Crippen LogP contribution >= 0.6 is 0 Å². The highest BCUT2D eigenvalue weighted by molar-refractivity contribution is 5.95. The molecule has 2 aliphatic rings. The van der Waals surface area contributed by atoms with Crippen molar-refractivity contribution < 1.29 is 14.0 Å². The second-order valence-electron chi connectivity index (χ2n) is 7.10. The largest absolute Gasteiger partial charge is 0.355 e. The molecule has 1 atom stereocenters. The lowest BCUT2D eigenvalue weighted by atomic mass is 9.68. The number of nitrogens with zero attached hydrogens (tertiary/aromatic N) is 1. The zero-order valence-corrected chi connectivity index (χ0v) is 14.5. The molecule has 134 valence electrons. The van der Waals surface area contributed by atoms with Crippen LogP contribution in [0.2, 0.25) is 0 Å². The van der Waals surface area contributed by atoms with Crippen molar-refractivity contribution in [3.8, 4) is 0 Å². The van der Waals surface area contributed by atoms with Gasteiger partial charge in [-0.1, -0.05) is 42.5 Å². The van der Waals surface area contributed by atoms with Crippen molar-refractivity contribution in [2.75, 3.05) is 19.6 Å². The van der Waals surface area contributed by atoms with Crippen LogP contribution in [-0.4, -0.2) is 36.3 Å². The molecule has 0 bridgehead atoms. The number of carbonyl (C=O) groups is 2. The minimum absolute atomic E-state index is 0.0735. The summed E-state index contributed by atoms with van der Waals surface area (Å²) in [6.07, 6.45) is 1.19. The number of amides is 2. The van der Waals surface area contributed by atoms with Crippen molar-refractivity contribution in [3.63, 3.8) is 0 Å². The molecule has 4 nitrogen and oxygen atoms in total. The molecular formula is C21H21FN2O2. The van der Waals surface area contributed by atoms with Crippen molar-refractivity contribution in [2.45, 2.75) is 18.8 Å². The van der Waals surface area contributed by atoms with E-state index < -0.39 is 11.2 Å². The van der Waals surface area contributed by atoms with Crippen molar-refractivity contribution in [3.05, 3.63) is 71.5 Å². The van der Waals surface area contributed by atoms with Gasteiger partial charge in [-0.05, 0) is 30.5 Å². The summed E-state index contributed by atoms with van der Waals surface area (Å²) in [7, 11) is 0. The maximum atomic E-state index is 13.9. The van der Waals surface area contributed by atoms with E-state index in [-0.39, 0.29) is 23.3 Å². The number of halogens is 1. The molecule has 26 heavy (non-hydrogen) atoms. The third-order valence-electron chi connectivity index (χ3n) is 5.84. The van der Waals surface area contributed by atoms with E-state index in [1.54, 1.807) is 17.0 Å². The van der Waals surface area contributed by atoms with Crippen LogP contribution in [0.25, 0.3) is 0 Å². The number of carbonyl (C=O) groups excluding carboxylic acids is 2. The summed E-state index contributed by atoms with van der Waals surface area (Å²) in [6, 6.07) is 16.1. The zero-order valence-electron chi connectivity index (χ0n) is 14.5. The maximum Gasteiger partial charge on any atom is 0.256 e. The minimum Gasteiger partial charge on any atom is -0.355 e. The Kier molecular flexibility index (Phi) is 4.23. The summed E-state index contributed by atoms with van der Waals surface area (Å²) in [5, 5.41) is 3.01. The van der Waals surface area contributed by atoms with Crippen molar-refractivity contribution in [1.29, 1.82) is 0 Å². The van der Waals surface area contributed by atoms with E-state index in [0.29, 0.717) is 32.5 Å². The van der Waals surface area contributed by atoms with Gasteiger partial charge in [0.2, 0.25) is 5.91 Å². The molecule has 0 radical (unpaired) electrons. The van der Waals surface area contributed by atoms with Gasteiger partial charge in [-0.3, -0.25) is 9.59 Å². The summed E-state index contributed by atoms with van der Waals surface area (Å²) in [6.45, 7) is 1.55. The Labute approximate surface area is 152 Å². The normalized spacial score (nSPS) is 21.7. The molecule has 2 aliphatic heterocycles. The molecule has 0 saturated carbocycles. The van der Waals surface area contributed by atoms with Gasteiger partial charge in [0.25, 0.3) is 5.91 Å². The highest BCUT2D eigenvalue weighted by Crippen LogP contribution is 2.47. The second kappa shape index (κ2) is 6.56. The van der Waals surface area contributed by atoms with Crippen LogP contribution in [0.5, 0.6) is 0 Å². The molecular weight excluding hydrogens is 331 g/mol. The van der Waals surface area contributed by atoms with E-state index in [2.05, 4.69) is 17.4 Å². The average molecular weight is 352 g/mol. The van der Waals surface area contributed by atoms with Gasteiger partial charge in [-0.15, -0.1) is 0 Å². The third kappa shape index (κ3) is 2.68. The van der Waals surface area contributed by atoms with Crippen LogP contribution in [0.15, 0.2) is 54.6 Å². The van der Waals surface area contributed by atoms with Gasteiger partial charge < -0.3 is 10.2 Å². The van der Waals surface area contributed by atoms with E-state index in [9.17, 15) is 14.0 Å². The quantitative estimate of drug-likeness (QED) is 0.903. The number of piperidine rings is 1. The zero-order chi connectivity index (χ0) is 18.1. The summed E-state index contributed by atoms with van der Waals surface area (Å²) >= 11 is 0. The molecule has 1 spiro atoms. The highest BCUT2D eigenvalue weighted by atomic mass is 19.1. The number of hydrogen-bond donors (Lipinski definition) is 1. The molecule has 0 aliphatic carbocycles. The number of hydrogen-bond acceptors (Lipinski definition) is 2. The lowest BCUT2D eigenvalue weighted by molar-refractivity contribution is -0.130. The number of nitrogens with one attached hydrogen (secondary N) is 1. The van der Waals surface area contributed by atoms with Gasteiger partial charge in [0.15, 0.2) is 0 Å². The lowest BCUT2D eigenvalue weighted by Crippen LogP contribution is -2.48. The molecule has 5 heteroatoms. The second-order valence-corrected chi connectivity index (χ2v) is 7.10. The Morgan fingerprint density at radius 1 is 1.04 bits per heavy atom. The van der Waals surface area contributed by atoms with Gasteiger partial charge in [-0.25, -0.2) is 4.39 Å². The maximum absolute atomic E-state index is 13.9. The van der Waals surface area contributed by atoms with Gasteiger partial charge in [0.05, 0.1) is 11.0 Å². The summed E-state index contributed by atoms with van der Waals surface area (Å²) in [4.78, 5) is 27.0. The fraction of sp³-hybridized carbons (Fsp3) is 0.333. The number of rotatable bonds is 2. The first-order valence-corrected chi connectivity index (χ1v) is 8.99. The van der Waals surface area contributed by atoms with Gasteiger partial charge in [0, 0.05) is 25.6 Å². The molecule has 0 unspecified atom stereocenters. The first-order valence-electron chi connectivity index (χ1n) is 8.99. The van der Waals surface area contributed by atoms with Crippen molar-refractivity contribution in [1.82, 2.24) is 10.2 Å². The predicted octanol–water partition coefficient (Wildman–Crippen LogP) is 2.96. The summed E-state index contributed by atoms with van der Waals surface area (Å²) in [5.41, 5.74) is 0.770. The van der Waals surface area contributed by atoms with Gasteiger partial charge in [0.1, 0.15) is 5.82 Å². The Morgan fingerprint density at radius 3 is 2.38 bits per heavy atom. The first-order chi connectivity index (χ1) is 12.6. The topological polar surface area (TPSA) is 49.4 Å². The molecule has 2 heterocycles. The Balaban J connectivity index is 1.54. The van der Waals surface area contributed by atoms with E-state index in [4.69, 9.17) is 0 Å².